The lowest BCUT2D eigenvalue weighted by Gasteiger charge is -1.97. The molecule has 0 aliphatic rings. The zero-order chi connectivity index (χ0) is 12.4. The van der Waals surface area contributed by atoms with Gasteiger partial charge in [-0.25, -0.2) is 14.6 Å². The Morgan fingerprint density at radius 3 is 2.56 bits per heavy atom. The van der Waals surface area contributed by atoms with Crippen LogP contribution in [0.3, 0.4) is 0 Å². The van der Waals surface area contributed by atoms with Gasteiger partial charge in [-0.05, 0) is 24.3 Å². The van der Waals surface area contributed by atoms with Crippen molar-refractivity contribution in [1.82, 2.24) is 24.7 Å². The second kappa shape index (κ2) is 4.25. The first-order chi connectivity index (χ1) is 8.83. The third kappa shape index (κ3) is 1.91. The van der Waals surface area contributed by atoms with Crippen LogP contribution in [0.1, 0.15) is 0 Å². The Morgan fingerprint density at radius 2 is 1.83 bits per heavy atom. The number of hydrogen-bond donors (Lipinski definition) is 1. The Labute approximate surface area is 103 Å². The number of nitrogens with two attached hydrogens (primary N) is 1. The van der Waals surface area contributed by atoms with E-state index in [1.807, 2.05) is 24.3 Å². The largest absolute Gasteiger partial charge is 0.399 e. The smallest absolute Gasteiger partial charge is 0.181 e. The van der Waals surface area contributed by atoms with Crippen molar-refractivity contribution in [3.8, 4) is 17.2 Å². The van der Waals surface area contributed by atoms with E-state index >= 15 is 0 Å². The lowest BCUT2D eigenvalue weighted by Crippen LogP contribution is -1.98. The molecule has 2 aromatic heterocycles. The van der Waals surface area contributed by atoms with Gasteiger partial charge in [0.1, 0.15) is 6.33 Å². The Balaban J connectivity index is 1.97. The summed E-state index contributed by atoms with van der Waals surface area (Å²) in [6.45, 7) is 0. The zero-order valence-electron chi connectivity index (χ0n) is 9.43. The van der Waals surface area contributed by atoms with Crippen LogP contribution in [0.5, 0.6) is 0 Å². The summed E-state index contributed by atoms with van der Waals surface area (Å²) in [5.74, 6) is 1.26. The van der Waals surface area contributed by atoms with Gasteiger partial charge in [0.25, 0.3) is 0 Å². The van der Waals surface area contributed by atoms with Crippen LogP contribution in [0.15, 0.2) is 49.2 Å². The fourth-order valence-corrected chi connectivity index (χ4v) is 1.55. The van der Waals surface area contributed by atoms with Crippen LogP contribution in [-0.2, 0) is 0 Å². The van der Waals surface area contributed by atoms with Crippen molar-refractivity contribution in [1.29, 1.82) is 0 Å². The molecule has 6 heteroatoms. The Hall–Kier alpha value is -2.76. The first kappa shape index (κ1) is 10.4. The summed E-state index contributed by atoms with van der Waals surface area (Å²) < 4.78 is 1.58. The van der Waals surface area contributed by atoms with Crippen LogP contribution >= 0.6 is 0 Å². The molecule has 2 N–H and O–H groups in total. The molecule has 0 saturated carbocycles. The molecule has 0 aliphatic heterocycles. The average Bonchev–Trinajstić information content (AvgIpc) is 2.90. The maximum Gasteiger partial charge on any atom is 0.181 e. The van der Waals surface area contributed by atoms with E-state index in [2.05, 4.69) is 20.1 Å². The van der Waals surface area contributed by atoms with Crippen molar-refractivity contribution in [2.75, 3.05) is 5.73 Å². The van der Waals surface area contributed by atoms with Crippen molar-refractivity contribution in [3.05, 3.63) is 49.2 Å². The van der Waals surface area contributed by atoms with Crippen LogP contribution in [0.4, 0.5) is 5.69 Å². The van der Waals surface area contributed by atoms with Gasteiger partial charge in [-0.1, -0.05) is 0 Å². The average molecular weight is 238 g/mol. The van der Waals surface area contributed by atoms with E-state index in [1.54, 1.807) is 29.6 Å². The molecule has 0 fully saturated rings. The molecule has 6 nitrogen and oxygen atoms in total. The second-order valence-corrected chi connectivity index (χ2v) is 3.70. The minimum absolute atomic E-state index is 0.626. The molecule has 18 heavy (non-hydrogen) atoms. The minimum Gasteiger partial charge on any atom is -0.399 e. The van der Waals surface area contributed by atoms with Crippen molar-refractivity contribution >= 4 is 5.69 Å². The van der Waals surface area contributed by atoms with Gasteiger partial charge in [-0.3, -0.25) is 4.98 Å². The SMILES string of the molecule is Nc1ccc(-c2ncn(-c3cnccn3)n2)cc1. The summed E-state index contributed by atoms with van der Waals surface area (Å²) in [6.07, 6.45) is 6.46. The number of benzene rings is 1. The van der Waals surface area contributed by atoms with Gasteiger partial charge in [-0.2, -0.15) is 0 Å². The lowest BCUT2D eigenvalue weighted by atomic mass is 10.2. The van der Waals surface area contributed by atoms with Crippen LogP contribution in [-0.4, -0.2) is 24.7 Å². The maximum atomic E-state index is 5.64. The van der Waals surface area contributed by atoms with E-state index in [-0.39, 0.29) is 0 Å². The quantitative estimate of drug-likeness (QED) is 0.680. The Kier molecular flexibility index (Phi) is 2.45. The topological polar surface area (TPSA) is 82.5 Å². The fraction of sp³-hybridized carbons (Fsp3) is 0. The first-order valence-corrected chi connectivity index (χ1v) is 5.37. The molecular weight excluding hydrogens is 228 g/mol. The molecule has 3 aromatic rings. The van der Waals surface area contributed by atoms with Crippen LogP contribution in [0.2, 0.25) is 0 Å². The molecule has 0 spiro atoms. The molecule has 1 aromatic carbocycles. The summed E-state index contributed by atoms with van der Waals surface area (Å²) in [4.78, 5) is 12.4. The third-order valence-electron chi connectivity index (χ3n) is 2.45. The molecule has 0 radical (unpaired) electrons. The molecule has 2 heterocycles. The number of aromatic nitrogens is 5. The highest BCUT2D eigenvalue weighted by Gasteiger charge is 2.05. The molecule has 88 valence electrons. The lowest BCUT2D eigenvalue weighted by molar-refractivity contribution is 0.839. The number of anilines is 1. The monoisotopic (exact) mass is 238 g/mol. The third-order valence-corrected chi connectivity index (χ3v) is 2.45. The van der Waals surface area contributed by atoms with Gasteiger partial charge in [-0.15, -0.1) is 5.10 Å². The van der Waals surface area contributed by atoms with Crippen molar-refractivity contribution in [3.63, 3.8) is 0 Å². The highest BCUT2D eigenvalue weighted by molar-refractivity contribution is 5.58. The van der Waals surface area contributed by atoms with E-state index in [4.69, 9.17) is 5.73 Å². The normalized spacial score (nSPS) is 10.4. The predicted octanol–water partition coefficient (Wildman–Crippen LogP) is 1.31. The fourth-order valence-electron chi connectivity index (χ4n) is 1.55. The van der Waals surface area contributed by atoms with E-state index < -0.39 is 0 Å². The van der Waals surface area contributed by atoms with Gasteiger partial charge >= 0.3 is 0 Å². The molecule has 0 amide bonds. The van der Waals surface area contributed by atoms with Gasteiger partial charge in [0.05, 0.1) is 6.20 Å². The number of nitrogens with zero attached hydrogens (tertiary/aromatic N) is 5. The number of rotatable bonds is 2. The predicted molar refractivity (Wildman–Crippen MR) is 66.8 cm³/mol. The molecular formula is C12H10N6. The van der Waals surface area contributed by atoms with Crippen LogP contribution in [0, 0.1) is 0 Å². The highest BCUT2D eigenvalue weighted by atomic mass is 15.4. The van der Waals surface area contributed by atoms with Crippen molar-refractivity contribution in [2.45, 2.75) is 0 Å². The van der Waals surface area contributed by atoms with E-state index in [9.17, 15) is 0 Å². The molecule has 0 saturated heterocycles. The number of hydrogen-bond acceptors (Lipinski definition) is 5. The second-order valence-electron chi connectivity index (χ2n) is 3.70. The minimum atomic E-state index is 0.626. The van der Waals surface area contributed by atoms with E-state index in [0.717, 1.165) is 5.56 Å². The molecule has 3 rings (SSSR count). The van der Waals surface area contributed by atoms with Crippen LogP contribution in [0.25, 0.3) is 17.2 Å². The summed E-state index contributed by atoms with van der Waals surface area (Å²) in [7, 11) is 0. The number of nitrogen functional groups attached to an aromatic ring is 1. The van der Waals surface area contributed by atoms with Crippen molar-refractivity contribution < 1.29 is 0 Å². The Bertz CT molecular complexity index is 644. The van der Waals surface area contributed by atoms with E-state index in [1.165, 1.54) is 0 Å². The molecule has 0 atom stereocenters. The van der Waals surface area contributed by atoms with Gasteiger partial charge in [0.15, 0.2) is 11.6 Å². The maximum absolute atomic E-state index is 5.64. The van der Waals surface area contributed by atoms with E-state index in [0.29, 0.717) is 17.3 Å². The molecule has 0 aliphatic carbocycles. The first-order valence-electron chi connectivity index (χ1n) is 5.37. The summed E-state index contributed by atoms with van der Waals surface area (Å²) in [5.41, 5.74) is 7.26. The Morgan fingerprint density at radius 1 is 1.00 bits per heavy atom. The standard InChI is InChI=1S/C12H10N6/c13-10-3-1-9(2-4-10)12-16-8-18(17-12)11-7-14-5-6-15-11/h1-8H,13H2. The highest BCUT2D eigenvalue weighted by Crippen LogP contribution is 2.16. The van der Waals surface area contributed by atoms with Gasteiger partial charge < -0.3 is 5.73 Å². The van der Waals surface area contributed by atoms with Crippen LogP contribution < -0.4 is 5.73 Å². The summed E-state index contributed by atoms with van der Waals surface area (Å²) >= 11 is 0. The summed E-state index contributed by atoms with van der Waals surface area (Å²) in [5, 5.41) is 4.34. The van der Waals surface area contributed by atoms with Gasteiger partial charge in [0, 0.05) is 23.6 Å². The van der Waals surface area contributed by atoms with Gasteiger partial charge in [0.2, 0.25) is 0 Å². The summed E-state index contributed by atoms with van der Waals surface area (Å²) in [6, 6.07) is 7.40. The van der Waals surface area contributed by atoms with Crippen molar-refractivity contribution in [2.24, 2.45) is 0 Å². The molecule has 0 unspecified atom stereocenters. The molecule has 0 bridgehead atoms. The zero-order valence-corrected chi connectivity index (χ0v) is 9.43.